The van der Waals surface area contributed by atoms with Crippen LogP contribution in [0.4, 0.5) is 5.69 Å². The number of hydrogen-bond donors (Lipinski definition) is 0. The van der Waals surface area contributed by atoms with E-state index in [-0.39, 0.29) is 12.2 Å². The topological polar surface area (TPSA) is 59.8 Å². The Hall–Kier alpha value is -4.36. The van der Waals surface area contributed by atoms with Crippen LogP contribution < -0.4 is 19.9 Å². The van der Waals surface area contributed by atoms with Gasteiger partial charge in [0.15, 0.2) is 0 Å². The first-order valence-electron chi connectivity index (χ1n) is 13.0. The summed E-state index contributed by atoms with van der Waals surface area (Å²) in [6.45, 7) is 4.81. The van der Waals surface area contributed by atoms with Crippen molar-refractivity contribution < 1.29 is 9.47 Å². The molecular formula is C31H32N4O3. The zero-order chi connectivity index (χ0) is 26.0. The van der Waals surface area contributed by atoms with Crippen LogP contribution in [0.25, 0.3) is 11.8 Å². The molecule has 5 rings (SSSR count). The number of aromatic nitrogens is 2. The van der Waals surface area contributed by atoms with E-state index in [4.69, 9.17) is 9.47 Å². The predicted molar refractivity (Wildman–Crippen MR) is 151 cm³/mol. The lowest BCUT2D eigenvalue weighted by Crippen LogP contribution is -2.47. The van der Waals surface area contributed by atoms with Gasteiger partial charge in [0.25, 0.3) is 0 Å². The molecule has 0 N–H and O–H groups in total. The summed E-state index contributed by atoms with van der Waals surface area (Å²) in [6, 6.07) is 29.3. The first-order valence-corrected chi connectivity index (χ1v) is 13.0. The molecule has 194 valence electrons. The molecule has 0 amide bonds. The zero-order valence-electron chi connectivity index (χ0n) is 21.4. The summed E-state index contributed by atoms with van der Waals surface area (Å²) in [6.07, 6.45) is 6.10. The summed E-state index contributed by atoms with van der Waals surface area (Å²) in [4.78, 5) is 18.1. The first kappa shape index (κ1) is 25.3. The fraction of sp³-hybridized carbons (Fsp3) is 0.226. The van der Waals surface area contributed by atoms with Crippen molar-refractivity contribution in [3.05, 3.63) is 119 Å². The number of nitrogens with zero attached hydrogens (tertiary/aromatic N) is 4. The number of piperazine rings is 1. The molecule has 0 spiro atoms. The van der Waals surface area contributed by atoms with Gasteiger partial charge in [0, 0.05) is 32.7 Å². The predicted octanol–water partition coefficient (Wildman–Crippen LogP) is 4.53. The summed E-state index contributed by atoms with van der Waals surface area (Å²) >= 11 is 0. The molecular weight excluding hydrogens is 476 g/mol. The summed E-state index contributed by atoms with van der Waals surface area (Å²) in [5.74, 6) is 1.07. The van der Waals surface area contributed by atoms with E-state index in [9.17, 15) is 4.79 Å². The van der Waals surface area contributed by atoms with Gasteiger partial charge in [-0.3, -0.25) is 9.69 Å². The second-order valence-corrected chi connectivity index (χ2v) is 9.02. The van der Waals surface area contributed by atoms with Gasteiger partial charge >= 0.3 is 5.56 Å². The van der Waals surface area contributed by atoms with Crippen molar-refractivity contribution in [3.63, 3.8) is 0 Å². The standard InChI is InChI=1S/C31H32N4O3/c36-31-30(38-24-23-37-28-16-8-3-9-17-28)29(25-32-35(31)27-14-6-2-7-15-27)34-21-19-33(20-22-34)18-10-13-26-11-4-1-5-12-26/h1-17,25H,18-24H2. The summed E-state index contributed by atoms with van der Waals surface area (Å²) in [5.41, 5.74) is 2.35. The SMILES string of the molecule is O=c1c(OCCOc2ccccc2)c(N2CCN(CC=Cc3ccccc3)CC2)cnn1-c1ccccc1. The Bertz CT molecular complexity index is 1370. The van der Waals surface area contributed by atoms with Gasteiger partial charge in [0.05, 0.1) is 11.9 Å². The molecule has 0 saturated carbocycles. The van der Waals surface area contributed by atoms with Crippen LogP contribution in [0.3, 0.4) is 0 Å². The van der Waals surface area contributed by atoms with Gasteiger partial charge in [-0.1, -0.05) is 78.9 Å². The van der Waals surface area contributed by atoms with Crippen molar-refractivity contribution in [2.75, 3.05) is 50.8 Å². The lowest BCUT2D eigenvalue weighted by atomic mass is 10.2. The zero-order valence-corrected chi connectivity index (χ0v) is 21.4. The van der Waals surface area contributed by atoms with Crippen molar-refractivity contribution in [2.45, 2.75) is 0 Å². The van der Waals surface area contributed by atoms with Gasteiger partial charge in [-0.2, -0.15) is 9.78 Å². The van der Waals surface area contributed by atoms with Crippen LogP contribution in [0.5, 0.6) is 11.5 Å². The van der Waals surface area contributed by atoms with Gasteiger partial charge in [0.1, 0.15) is 24.7 Å². The maximum atomic E-state index is 13.5. The van der Waals surface area contributed by atoms with Gasteiger partial charge < -0.3 is 14.4 Å². The smallest absolute Gasteiger partial charge is 0.316 e. The van der Waals surface area contributed by atoms with Crippen LogP contribution in [-0.4, -0.2) is 60.6 Å². The van der Waals surface area contributed by atoms with Crippen LogP contribution in [0.2, 0.25) is 0 Å². The molecule has 1 saturated heterocycles. The molecule has 0 unspecified atom stereocenters. The number of benzene rings is 3. The molecule has 1 aliphatic heterocycles. The van der Waals surface area contributed by atoms with Crippen LogP contribution in [0, 0.1) is 0 Å². The highest BCUT2D eigenvalue weighted by Crippen LogP contribution is 2.25. The molecule has 38 heavy (non-hydrogen) atoms. The monoisotopic (exact) mass is 508 g/mol. The fourth-order valence-electron chi connectivity index (χ4n) is 4.44. The summed E-state index contributed by atoms with van der Waals surface area (Å²) < 4.78 is 13.2. The van der Waals surface area contributed by atoms with E-state index in [0.717, 1.165) is 44.2 Å². The Morgan fingerprint density at radius 1 is 0.763 bits per heavy atom. The Kier molecular flexibility index (Phi) is 8.48. The van der Waals surface area contributed by atoms with Gasteiger partial charge in [0.2, 0.25) is 5.75 Å². The van der Waals surface area contributed by atoms with Crippen molar-refractivity contribution in [2.24, 2.45) is 0 Å². The molecule has 4 aromatic rings. The average molecular weight is 509 g/mol. The Morgan fingerprint density at radius 2 is 1.39 bits per heavy atom. The van der Waals surface area contributed by atoms with Crippen molar-refractivity contribution in [1.29, 1.82) is 0 Å². The van der Waals surface area contributed by atoms with E-state index in [1.165, 1.54) is 10.2 Å². The number of anilines is 1. The molecule has 7 nitrogen and oxygen atoms in total. The molecule has 1 aliphatic rings. The second kappa shape index (κ2) is 12.7. The van der Waals surface area contributed by atoms with Crippen LogP contribution in [0.1, 0.15) is 5.56 Å². The molecule has 0 aliphatic carbocycles. The van der Waals surface area contributed by atoms with Crippen LogP contribution in [-0.2, 0) is 0 Å². The van der Waals surface area contributed by atoms with E-state index >= 15 is 0 Å². The maximum absolute atomic E-state index is 13.5. The fourth-order valence-corrected chi connectivity index (χ4v) is 4.44. The number of para-hydroxylation sites is 2. The highest BCUT2D eigenvalue weighted by Gasteiger charge is 2.23. The molecule has 1 fully saturated rings. The molecule has 0 bridgehead atoms. The number of hydrogen-bond acceptors (Lipinski definition) is 6. The Labute approximate surface area is 223 Å². The van der Waals surface area contributed by atoms with E-state index in [1.807, 2.05) is 78.9 Å². The minimum atomic E-state index is -0.276. The third-order valence-corrected chi connectivity index (χ3v) is 6.44. The van der Waals surface area contributed by atoms with E-state index < -0.39 is 0 Å². The lowest BCUT2D eigenvalue weighted by Gasteiger charge is -2.36. The largest absolute Gasteiger partial charge is 0.490 e. The van der Waals surface area contributed by atoms with Gasteiger partial charge in [-0.25, -0.2) is 0 Å². The minimum absolute atomic E-state index is 0.250. The molecule has 7 heteroatoms. The Morgan fingerprint density at radius 3 is 2.11 bits per heavy atom. The Balaban J connectivity index is 1.27. The average Bonchev–Trinajstić information content (AvgIpc) is 2.98. The molecule has 3 aromatic carbocycles. The molecule has 0 atom stereocenters. The molecule has 0 radical (unpaired) electrons. The van der Waals surface area contributed by atoms with Gasteiger partial charge in [-0.05, 0) is 29.8 Å². The molecule has 2 heterocycles. The van der Waals surface area contributed by atoms with Crippen molar-refractivity contribution >= 4 is 11.8 Å². The van der Waals surface area contributed by atoms with Gasteiger partial charge in [-0.15, -0.1) is 0 Å². The summed E-state index contributed by atoms with van der Waals surface area (Å²) in [7, 11) is 0. The quantitative estimate of drug-likeness (QED) is 0.294. The number of rotatable bonds is 10. The second-order valence-electron chi connectivity index (χ2n) is 9.02. The highest BCUT2D eigenvalue weighted by atomic mass is 16.5. The van der Waals surface area contributed by atoms with Crippen LogP contribution in [0.15, 0.2) is 108 Å². The maximum Gasteiger partial charge on any atom is 0.316 e. The van der Waals surface area contributed by atoms with E-state index in [2.05, 4.69) is 39.2 Å². The molecule has 1 aromatic heterocycles. The summed E-state index contributed by atoms with van der Waals surface area (Å²) in [5, 5.41) is 4.49. The van der Waals surface area contributed by atoms with Crippen molar-refractivity contribution in [1.82, 2.24) is 14.7 Å². The first-order chi connectivity index (χ1) is 18.8. The third kappa shape index (κ3) is 6.49. The van der Waals surface area contributed by atoms with E-state index in [1.54, 1.807) is 6.20 Å². The van der Waals surface area contributed by atoms with Crippen molar-refractivity contribution in [3.8, 4) is 17.2 Å². The van der Waals surface area contributed by atoms with Crippen LogP contribution >= 0.6 is 0 Å². The minimum Gasteiger partial charge on any atom is -0.490 e. The highest BCUT2D eigenvalue weighted by molar-refractivity contribution is 5.57. The van der Waals surface area contributed by atoms with E-state index in [0.29, 0.717) is 18.0 Å². The lowest BCUT2D eigenvalue weighted by molar-refractivity contribution is 0.214. The third-order valence-electron chi connectivity index (χ3n) is 6.44. The number of ether oxygens (including phenoxy) is 2. The normalized spacial score (nSPS) is 14.1.